The molecule has 0 unspecified atom stereocenters. The zero-order valence-corrected chi connectivity index (χ0v) is 17.0. The third-order valence-electron chi connectivity index (χ3n) is 3.97. The number of benzene rings is 2. The van der Waals surface area contributed by atoms with Gasteiger partial charge in [-0.3, -0.25) is 4.72 Å². The van der Waals surface area contributed by atoms with Crippen molar-refractivity contribution in [1.82, 2.24) is 10.2 Å². The number of sulfonamides is 1. The maximum absolute atomic E-state index is 12.5. The molecule has 4 rings (SSSR count). The Morgan fingerprint density at radius 3 is 2.53 bits per heavy atom. The number of ether oxygens (including phenoxy) is 1. The van der Waals surface area contributed by atoms with Crippen molar-refractivity contribution in [2.75, 3.05) is 4.72 Å². The van der Waals surface area contributed by atoms with Crippen LogP contribution in [-0.2, 0) is 21.4 Å². The molecule has 0 aliphatic carbocycles. The number of nitrogens with zero attached hydrogens (tertiary/aromatic N) is 2. The molecule has 2 aromatic heterocycles. The molecule has 8 nitrogen and oxygen atoms in total. The number of nitrogens with one attached hydrogen (secondary N) is 1. The molecule has 10 heteroatoms. The zero-order chi connectivity index (χ0) is 21.0. The van der Waals surface area contributed by atoms with Crippen LogP contribution >= 0.6 is 11.3 Å². The normalized spacial score (nSPS) is 11.2. The van der Waals surface area contributed by atoms with Gasteiger partial charge in [-0.15, -0.1) is 21.5 Å². The minimum atomic E-state index is -3.80. The molecule has 0 spiro atoms. The predicted molar refractivity (Wildman–Crippen MR) is 110 cm³/mol. The van der Waals surface area contributed by atoms with Gasteiger partial charge in [0.25, 0.3) is 15.9 Å². The van der Waals surface area contributed by atoms with Crippen molar-refractivity contribution in [2.24, 2.45) is 0 Å². The van der Waals surface area contributed by atoms with Gasteiger partial charge >= 0.3 is 5.97 Å². The summed E-state index contributed by atoms with van der Waals surface area (Å²) in [6, 6.07) is 18.5. The third-order valence-corrected chi connectivity index (χ3v) is 6.73. The molecule has 0 radical (unpaired) electrons. The first-order chi connectivity index (χ1) is 14.5. The molecule has 30 heavy (non-hydrogen) atoms. The lowest BCUT2D eigenvalue weighted by Crippen LogP contribution is -2.15. The van der Waals surface area contributed by atoms with Crippen LogP contribution in [0.15, 0.2) is 80.7 Å². The van der Waals surface area contributed by atoms with E-state index >= 15 is 0 Å². The van der Waals surface area contributed by atoms with Crippen molar-refractivity contribution in [3.63, 3.8) is 0 Å². The number of para-hydroxylation sites is 1. The summed E-state index contributed by atoms with van der Waals surface area (Å²) in [6.45, 7) is -0.245. The topological polar surface area (TPSA) is 111 Å². The van der Waals surface area contributed by atoms with Gasteiger partial charge in [-0.2, -0.15) is 0 Å². The van der Waals surface area contributed by atoms with Crippen LogP contribution in [0.3, 0.4) is 0 Å². The van der Waals surface area contributed by atoms with Crippen LogP contribution in [0.25, 0.3) is 11.5 Å². The summed E-state index contributed by atoms with van der Waals surface area (Å²) < 4.78 is 38.3. The molecule has 2 heterocycles. The van der Waals surface area contributed by atoms with Crippen molar-refractivity contribution in [3.8, 4) is 11.5 Å². The Labute approximate surface area is 176 Å². The van der Waals surface area contributed by atoms with Gasteiger partial charge in [0, 0.05) is 5.56 Å². The Morgan fingerprint density at radius 2 is 1.77 bits per heavy atom. The fraction of sp³-hybridized carbons (Fsp3) is 0.0500. The second-order valence-corrected chi connectivity index (χ2v) is 8.88. The van der Waals surface area contributed by atoms with Gasteiger partial charge in [-0.25, -0.2) is 13.2 Å². The number of carbonyl (C=O) groups is 1. The number of anilines is 1. The fourth-order valence-electron chi connectivity index (χ4n) is 2.58. The van der Waals surface area contributed by atoms with Crippen molar-refractivity contribution >= 4 is 33.0 Å². The van der Waals surface area contributed by atoms with Gasteiger partial charge < -0.3 is 9.15 Å². The quantitative estimate of drug-likeness (QED) is 0.432. The molecule has 0 aliphatic rings. The van der Waals surface area contributed by atoms with Crippen LogP contribution in [0.5, 0.6) is 0 Å². The van der Waals surface area contributed by atoms with E-state index in [4.69, 9.17) is 9.15 Å². The van der Waals surface area contributed by atoms with Gasteiger partial charge in [0.2, 0.25) is 5.89 Å². The largest absolute Gasteiger partial charge is 0.452 e. The molecule has 1 N–H and O–H groups in total. The third kappa shape index (κ3) is 4.39. The molecule has 0 amide bonds. The highest BCUT2D eigenvalue weighted by atomic mass is 32.2. The summed E-state index contributed by atoms with van der Waals surface area (Å²) in [5, 5.41) is 9.46. The van der Waals surface area contributed by atoms with E-state index in [0.717, 1.165) is 16.9 Å². The Bertz CT molecular complexity index is 1250. The minimum absolute atomic E-state index is 0.0698. The van der Waals surface area contributed by atoms with Crippen molar-refractivity contribution in [1.29, 1.82) is 0 Å². The summed E-state index contributed by atoms with van der Waals surface area (Å²) in [6.07, 6.45) is 0. The number of carbonyl (C=O) groups excluding carboxylic acids is 1. The molecular formula is C20H15N3O5S2. The number of hydrogen-bond donors (Lipinski definition) is 1. The van der Waals surface area contributed by atoms with Crippen molar-refractivity contribution < 1.29 is 22.4 Å². The van der Waals surface area contributed by atoms with Crippen molar-refractivity contribution in [2.45, 2.75) is 10.8 Å². The Morgan fingerprint density at radius 1 is 1.00 bits per heavy atom. The Kier molecular flexibility index (Phi) is 5.59. The maximum atomic E-state index is 12.5. The monoisotopic (exact) mass is 441 g/mol. The van der Waals surface area contributed by atoms with E-state index in [1.807, 2.05) is 30.3 Å². The van der Waals surface area contributed by atoms with Crippen molar-refractivity contribution in [3.05, 3.63) is 83.6 Å². The average Bonchev–Trinajstić information content (AvgIpc) is 3.45. The molecule has 0 saturated carbocycles. The first kappa shape index (κ1) is 19.8. The molecule has 0 atom stereocenters. The lowest BCUT2D eigenvalue weighted by atomic mass is 10.2. The van der Waals surface area contributed by atoms with Gasteiger partial charge in [0.1, 0.15) is 4.21 Å². The summed E-state index contributed by atoms with van der Waals surface area (Å²) in [4.78, 5) is 12.5. The first-order valence-corrected chi connectivity index (χ1v) is 11.1. The number of rotatable bonds is 7. The van der Waals surface area contributed by atoms with Crippen LogP contribution in [0.2, 0.25) is 0 Å². The van der Waals surface area contributed by atoms with E-state index in [9.17, 15) is 13.2 Å². The summed E-state index contributed by atoms with van der Waals surface area (Å²) >= 11 is 1.08. The van der Waals surface area contributed by atoms with E-state index in [0.29, 0.717) is 5.89 Å². The molecule has 2 aromatic carbocycles. The molecule has 0 fully saturated rings. The maximum Gasteiger partial charge on any atom is 0.340 e. The second kappa shape index (κ2) is 8.47. The lowest BCUT2D eigenvalue weighted by molar-refractivity contribution is 0.0440. The van der Waals surface area contributed by atoms with E-state index < -0.39 is 16.0 Å². The Hall–Kier alpha value is -3.50. The lowest BCUT2D eigenvalue weighted by Gasteiger charge is -2.11. The standard InChI is InChI=1S/C20H15N3O5S2/c24-20(27-13-17-21-22-19(28-17)14-7-2-1-3-8-14)15-9-4-5-10-16(15)23-30(25,26)18-11-6-12-29-18/h1-12,23H,13H2. The molecule has 0 aliphatic heterocycles. The number of thiophene rings is 1. The second-order valence-electron chi connectivity index (χ2n) is 6.03. The molecule has 152 valence electrons. The van der Waals surface area contributed by atoms with Gasteiger partial charge in [-0.05, 0) is 35.7 Å². The summed E-state index contributed by atoms with van der Waals surface area (Å²) in [5.41, 5.74) is 0.933. The van der Waals surface area contributed by atoms with Crippen LogP contribution in [0, 0.1) is 0 Å². The van der Waals surface area contributed by atoms with Gasteiger partial charge in [0.05, 0.1) is 11.3 Å². The highest BCUT2D eigenvalue weighted by molar-refractivity contribution is 7.94. The summed E-state index contributed by atoms with van der Waals surface area (Å²) in [5.74, 6) is -0.288. The zero-order valence-electron chi connectivity index (χ0n) is 15.4. The first-order valence-electron chi connectivity index (χ1n) is 8.73. The van der Waals surface area contributed by atoms with E-state index in [1.165, 1.54) is 18.2 Å². The van der Waals surface area contributed by atoms with Crippen LogP contribution in [0.1, 0.15) is 16.2 Å². The number of hydrogen-bond acceptors (Lipinski definition) is 8. The SMILES string of the molecule is O=C(OCc1nnc(-c2ccccc2)o1)c1ccccc1NS(=O)(=O)c1cccs1. The minimum Gasteiger partial charge on any atom is -0.452 e. The molecule has 4 aromatic rings. The predicted octanol–water partition coefficient (Wildman–Crippen LogP) is 3.96. The Balaban J connectivity index is 1.46. The smallest absolute Gasteiger partial charge is 0.340 e. The van der Waals surface area contributed by atoms with E-state index in [1.54, 1.807) is 23.6 Å². The molecular weight excluding hydrogens is 426 g/mol. The molecule has 0 bridgehead atoms. The number of aromatic nitrogens is 2. The van der Waals surface area contributed by atoms with E-state index in [-0.39, 0.29) is 28.0 Å². The highest BCUT2D eigenvalue weighted by Gasteiger charge is 2.20. The fourth-order valence-corrected chi connectivity index (χ4v) is 4.65. The average molecular weight is 441 g/mol. The van der Waals surface area contributed by atoms with Crippen LogP contribution in [-0.4, -0.2) is 24.6 Å². The van der Waals surface area contributed by atoms with E-state index in [2.05, 4.69) is 14.9 Å². The molecule has 0 saturated heterocycles. The number of esters is 1. The van der Waals surface area contributed by atoms with Gasteiger partial charge in [0.15, 0.2) is 6.61 Å². The van der Waals surface area contributed by atoms with Gasteiger partial charge in [-0.1, -0.05) is 36.4 Å². The van der Waals surface area contributed by atoms with Crippen LogP contribution < -0.4 is 4.72 Å². The summed E-state index contributed by atoms with van der Waals surface area (Å²) in [7, 11) is -3.80. The highest BCUT2D eigenvalue weighted by Crippen LogP contribution is 2.24. The van der Waals surface area contributed by atoms with Crippen LogP contribution in [0.4, 0.5) is 5.69 Å².